The number of rotatable bonds is 5. The lowest BCUT2D eigenvalue weighted by Crippen LogP contribution is -2.23. The lowest BCUT2D eigenvalue weighted by atomic mass is 9.70. The highest BCUT2D eigenvalue weighted by Crippen LogP contribution is 2.42. The fraction of sp³-hybridized carbons (Fsp3) is 0.652. The molecule has 126 valence electrons. The normalized spacial score (nSPS) is 28.4. The monoisotopic (exact) mass is 310 g/mol. The molecule has 0 unspecified atom stereocenters. The first-order chi connectivity index (χ1) is 11.3. The molecule has 0 aliphatic heterocycles. The second kappa shape index (κ2) is 8.18. The molecule has 0 saturated heterocycles. The predicted molar refractivity (Wildman–Crippen MR) is 101 cm³/mol. The van der Waals surface area contributed by atoms with E-state index < -0.39 is 0 Å². The predicted octanol–water partition coefficient (Wildman–Crippen LogP) is 7.04. The Hall–Kier alpha value is -1.04. The molecule has 0 nitrogen and oxygen atoms in total. The Morgan fingerprint density at radius 1 is 0.870 bits per heavy atom. The Balaban J connectivity index is 1.54. The first-order valence-corrected chi connectivity index (χ1v) is 10.1. The second-order valence-electron chi connectivity index (χ2n) is 7.88. The molecule has 0 heterocycles. The number of hydrogen-bond acceptors (Lipinski definition) is 0. The summed E-state index contributed by atoms with van der Waals surface area (Å²) in [6, 6.07) is 9.27. The van der Waals surface area contributed by atoms with Crippen LogP contribution < -0.4 is 0 Å². The van der Waals surface area contributed by atoms with Crippen molar-refractivity contribution in [3.05, 3.63) is 41.5 Å². The smallest absolute Gasteiger partial charge is 0.0228 e. The minimum absolute atomic E-state index is 0.969. The van der Waals surface area contributed by atoms with E-state index in [9.17, 15) is 0 Å². The van der Waals surface area contributed by atoms with E-state index in [1.807, 2.05) is 0 Å². The molecule has 1 aromatic carbocycles. The largest absolute Gasteiger partial charge is 0.0804 e. The molecule has 23 heavy (non-hydrogen) atoms. The van der Waals surface area contributed by atoms with Gasteiger partial charge in [0.15, 0.2) is 0 Å². The van der Waals surface area contributed by atoms with Gasteiger partial charge < -0.3 is 0 Å². The van der Waals surface area contributed by atoms with E-state index in [1.165, 1.54) is 68.9 Å². The van der Waals surface area contributed by atoms with Crippen LogP contribution in [0.2, 0.25) is 0 Å². The molecule has 0 heteroatoms. The van der Waals surface area contributed by atoms with Crippen molar-refractivity contribution in [2.24, 2.45) is 17.8 Å². The van der Waals surface area contributed by atoms with Crippen molar-refractivity contribution in [2.75, 3.05) is 0 Å². The van der Waals surface area contributed by atoms with E-state index in [-0.39, 0.29) is 0 Å². The van der Waals surface area contributed by atoms with Crippen LogP contribution in [0.4, 0.5) is 0 Å². The van der Waals surface area contributed by atoms with Crippen molar-refractivity contribution in [3.63, 3.8) is 0 Å². The van der Waals surface area contributed by atoms with Crippen LogP contribution in [0.25, 0.3) is 5.57 Å². The topological polar surface area (TPSA) is 0 Å². The summed E-state index contributed by atoms with van der Waals surface area (Å²) < 4.78 is 0. The van der Waals surface area contributed by atoms with Gasteiger partial charge in [0.05, 0.1) is 0 Å². The molecule has 0 bridgehead atoms. The second-order valence-corrected chi connectivity index (χ2v) is 7.88. The minimum atomic E-state index is 0.969. The van der Waals surface area contributed by atoms with Gasteiger partial charge >= 0.3 is 0 Å². The fourth-order valence-corrected chi connectivity index (χ4v) is 4.86. The molecule has 0 N–H and O–H groups in total. The summed E-state index contributed by atoms with van der Waals surface area (Å²) in [5.41, 5.74) is 4.52. The van der Waals surface area contributed by atoms with Crippen molar-refractivity contribution in [3.8, 4) is 0 Å². The van der Waals surface area contributed by atoms with E-state index >= 15 is 0 Å². The van der Waals surface area contributed by atoms with Crippen LogP contribution in [0, 0.1) is 17.8 Å². The summed E-state index contributed by atoms with van der Waals surface area (Å²) in [5, 5.41) is 0. The molecule has 0 amide bonds. The number of allylic oxidation sites excluding steroid dienone is 2. The van der Waals surface area contributed by atoms with Crippen LogP contribution in [0.3, 0.4) is 0 Å². The summed E-state index contributed by atoms with van der Waals surface area (Å²) in [5.74, 6) is 3.03. The van der Waals surface area contributed by atoms with Gasteiger partial charge in [0.25, 0.3) is 0 Å². The van der Waals surface area contributed by atoms with Crippen LogP contribution in [0.5, 0.6) is 0 Å². The Labute approximate surface area is 143 Å². The fourth-order valence-electron chi connectivity index (χ4n) is 4.86. The molecule has 2 aliphatic rings. The quantitative estimate of drug-likeness (QED) is 0.547. The van der Waals surface area contributed by atoms with Crippen molar-refractivity contribution in [1.29, 1.82) is 0 Å². The maximum atomic E-state index is 2.56. The van der Waals surface area contributed by atoms with Crippen LogP contribution in [0.1, 0.15) is 82.8 Å². The van der Waals surface area contributed by atoms with E-state index in [0.29, 0.717) is 0 Å². The van der Waals surface area contributed by atoms with Crippen LogP contribution in [-0.2, 0) is 6.42 Å². The van der Waals surface area contributed by atoms with Crippen molar-refractivity contribution < 1.29 is 0 Å². The maximum Gasteiger partial charge on any atom is -0.0228 e. The molecular formula is C23H34. The number of benzene rings is 1. The van der Waals surface area contributed by atoms with Gasteiger partial charge in [-0.15, -0.1) is 0 Å². The van der Waals surface area contributed by atoms with Crippen LogP contribution in [-0.4, -0.2) is 0 Å². The molecule has 1 fully saturated rings. The average molecular weight is 311 g/mol. The third-order valence-corrected chi connectivity index (χ3v) is 6.44. The first-order valence-electron chi connectivity index (χ1n) is 10.1. The van der Waals surface area contributed by atoms with Gasteiger partial charge in [0, 0.05) is 0 Å². The van der Waals surface area contributed by atoms with Gasteiger partial charge in [-0.25, -0.2) is 0 Å². The molecule has 1 aromatic rings. The maximum absolute atomic E-state index is 2.56. The summed E-state index contributed by atoms with van der Waals surface area (Å²) >= 11 is 0. The van der Waals surface area contributed by atoms with Crippen LogP contribution in [0.15, 0.2) is 30.3 Å². The Morgan fingerprint density at radius 2 is 1.61 bits per heavy atom. The summed E-state index contributed by atoms with van der Waals surface area (Å²) in [6.07, 6.45) is 16.6. The molecular weight excluding hydrogens is 276 g/mol. The van der Waals surface area contributed by atoms with Crippen LogP contribution >= 0.6 is 0 Å². The minimum Gasteiger partial charge on any atom is -0.0804 e. The third-order valence-electron chi connectivity index (χ3n) is 6.44. The third kappa shape index (κ3) is 4.28. The lowest BCUT2D eigenvalue weighted by Gasteiger charge is -2.35. The van der Waals surface area contributed by atoms with E-state index in [4.69, 9.17) is 0 Å². The molecule has 0 radical (unpaired) electrons. The number of aryl methyl sites for hydroxylation is 1. The molecule has 0 spiro atoms. The molecule has 1 saturated carbocycles. The Bertz CT molecular complexity index is 499. The standard InChI is InChI=1S/C23H34/c1-3-5-19-8-12-21(13-9-19)23-16-14-22(15-17-23)20-10-6-18(4-2)7-11-20/h6-7,10-11,14,19,21,23H,3-5,8-9,12-13,15-17H2,1-2H3/t19?,21?,23-/m0/s1. The highest BCUT2D eigenvalue weighted by atomic mass is 14.3. The van der Waals surface area contributed by atoms with Gasteiger partial charge in [0.1, 0.15) is 0 Å². The van der Waals surface area contributed by atoms with Crippen molar-refractivity contribution in [2.45, 2.75) is 78.1 Å². The van der Waals surface area contributed by atoms with Crippen molar-refractivity contribution in [1.82, 2.24) is 0 Å². The zero-order valence-electron chi connectivity index (χ0n) is 15.2. The van der Waals surface area contributed by atoms with Gasteiger partial charge in [-0.1, -0.05) is 69.9 Å². The number of hydrogen-bond donors (Lipinski definition) is 0. The van der Waals surface area contributed by atoms with Gasteiger partial charge in [0.2, 0.25) is 0 Å². The average Bonchev–Trinajstić information content (AvgIpc) is 2.63. The Morgan fingerprint density at radius 3 is 2.17 bits per heavy atom. The first kappa shape index (κ1) is 16.8. The Kier molecular flexibility index (Phi) is 5.97. The zero-order chi connectivity index (χ0) is 16.1. The zero-order valence-corrected chi connectivity index (χ0v) is 15.2. The molecule has 2 aliphatic carbocycles. The van der Waals surface area contributed by atoms with Gasteiger partial charge in [-0.05, 0) is 73.0 Å². The van der Waals surface area contributed by atoms with Gasteiger partial charge in [-0.2, -0.15) is 0 Å². The van der Waals surface area contributed by atoms with E-state index in [1.54, 1.807) is 5.57 Å². The molecule has 1 atom stereocenters. The summed E-state index contributed by atoms with van der Waals surface area (Å²) in [4.78, 5) is 0. The highest BCUT2D eigenvalue weighted by Gasteiger charge is 2.28. The summed E-state index contributed by atoms with van der Waals surface area (Å²) in [6.45, 7) is 4.57. The van der Waals surface area contributed by atoms with Gasteiger partial charge in [-0.3, -0.25) is 0 Å². The highest BCUT2D eigenvalue weighted by molar-refractivity contribution is 5.66. The summed E-state index contributed by atoms with van der Waals surface area (Å²) in [7, 11) is 0. The van der Waals surface area contributed by atoms with Crippen molar-refractivity contribution >= 4 is 5.57 Å². The SMILES string of the molecule is CCCC1CCC([C@H]2CC=C(c3ccc(CC)cc3)CC2)CC1. The van der Waals surface area contributed by atoms with E-state index in [0.717, 1.165) is 24.2 Å². The molecule has 0 aromatic heterocycles. The van der Waals surface area contributed by atoms with E-state index in [2.05, 4.69) is 44.2 Å². The molecule has 3 rings (SSSR count). The lowest BCUT2D eigenvalue weighted by molar-refractivity contribution is 0.189.